The molecule has 0 bridgehead atoms. The summed E-state index contributed by atoms with van der Waals surface area (Å²) in [6.07, 6.45) is 6.15. The Labute approximate surface area is 230 Å². The number of aliphatic carboxylic acids is 1. The maximum atomic E-state index is 11.8. The molecule has 2 aromatic carbocycles. The smallest absolute Gasteiger partial charge is 0.303 e. The number of carbonyl (C=O) groups is 1. The van der Waals surface area contributed by atoms with Gasteiger partial charge in [-0.15, -0.1) is 0 Å². The van der Waals surface area contributed by atoms with Crippen LogP contribution in [0.15, 0.2) is 57.9 Å². The van der Waals surface area contributed by atoms with Gasteiger partial charge in [-0.3, -0.25) is 4.79 Å². The Hall–Kier alpha value is -3.43. The van der Waals surface area contributed by atoms with E-state index in [9.17, 15) is 17.8 Å². The van der Waals surface area contributed by atoms with Crippen LogP contribution < -0.4 is 4.90 Å². The van der Waals surface area contributed by atoms with Crippen molar-refractivity contribution in [3.8, 4) is 0 Å². The van der Waals surface area contributed by atoms with Gasteiger partial charge in [-0.2, -0.15) is 4.58 Å². The van der Waals surface area contributed by atoms with Gasteiger partial charge in [0.25, 0.3) is 0 Å². The molecule has 0 spiro atoms. The second-order valence-corrected chi connectivity index (χ2v) is 11.8. The fraction of sp³-hybridized carbons (Fsp3) is 0.400. The third-order valence-electron chi connectivity index (χ3n) is 7.48. The Bertz CT molecular complexity index is 1540. The van der Waals surface area contributed by atoms with Crippen molar-refractivity contribution in [2.75, 3.05) is 24.5 Å². The van der Waals surface area contributed by atoms with Gasteiger partial charge in [0.2, 0.25) is 5.69 Å². The van der Waals surface area contributed by atoms with Crippen LogP contribution in [-0.4, -0.2) is 54.0 Å². The third-order valence-corrected chi connectivity index (χ3v) is 8.31. The lowest BCUT2D eigenvalue weighted by Gasteiger charge is -2.20. The highest BCUT2D eigenvalue weighted by Crippen LogP contribution is 2.41. The van der Waals surface area contributed by atoms with E-state index in [0.717, 1.165) is 59.6 Å². The second-order valence-electron chi connectivity index (χ2n) is 10.4. The number of nitrogens with zero attached hydrogens (tertiary/aromatic N) is 2. The predicted octanol–water partition coefficient (Wildman–Crippen LogP) is 5.92. The van der Waals surface area contributed by atoms with Crippen molar-refractivity contribution in [2.24, 2.45) is 0 Å². The molecule has 4 rings (SSSR count). The molecular formula is C30H36N2O6S. The van der Waals surface area contributed by atoms with Crippen LogP contribution >= 0.6 is 0 Å². The first-order valence-electron chi connectivity index (χ1n) is 13.4. The fourth-order valence-electron chi connectivity index (χ4n) is 5.34. The zero-order valence-electron chi connectivity index (χ0n) is 22.9. The molecule has 1 aliphatic rings. The maximum Gasteiger partial charge on any atom is 0.303 e. The van der Waals surface area contributed by atoms with E-state index in [1.807, 2.05) is 32.1 Å². The first kappa shape index (κ1) is 28.6. The van der Waals surface area contributed by atoms with E-state index >= 15 is 0 Å². The van der Waals surface area contributed by atoms with E-state index in [1.165, 1.54) is 12.1 Å². The molecule has 0 radical (unpaired) electrons. The van der Waals surface area contributed by atoms with Crippen LogP contribution in [0.1, 0.15) is 64.7 Å². The van der Waals surface area contributed by atoms with Gasteiger partial charge in [0.1, 0.15) is 28.0 Å². The van der Waals surface area contributed by atoms with E-state index in [1.54, 1.807) is 6.07 Å². The van der Waals surface area contributed by atoms with Gasteiger partial charge in [-0.25, -0.2) is 8.42 Å². The van der Waals surface area contributed by atoms with Crippen LogP contribution in [-0.2, 0) is 20.3 Å². The summed E-state index contributed by atoms with van der Waals surface area (Å²) in [4.78, 5) is 12.9. The Balaban J connectivity index is 1.69. The summed E-state index contributed by atoms with van der Waals surface area (Å²) in [5.41, 5.74) is 3.89. The average Bonchev–Trinajstić information content (AvgIpc) is 3.37. The van der Waals surface area contributed by atoms with Crippen molar-refractivity contribution < 1.29 is 31.9 Å². The Kier molecular flexibility index (Phi) is 8.32. The van der Waals surface area contributed by atoms with E-state index in [0.29, 0.717) is 18.7 Å². The number of unbranched alkanes of at least 4 members (excludes halogenated alkanes) is 2. The largest absolute Gasteiger partial charge is 0.744 e. The molecule has 0 saturated heterocycles. The molecule has 0 saturated carbocycles. The van der Waals surface area contributed by atoms with Gasteiger partial charge >= 0.3 is 5.97 Å². The number of rotatable bonds is 12. The lowest BCUT2D eigenvalue weighted by atomic mass is 9.81. The zero-order valence-corrected chi connectivity index (χ0v) is 23.8. The fourth-order valence-corrected chi connectivity index (χ4v) is 5.84. The monoisotopic (exact) mass is 552 g/mol. The SMILES string of the molecule is CCN(CC)c1ccc2cc(C=CC3=[N+](CCCCCC(=O)O)c4ccc(S(=O)(=O)[O-])cc4C3(C)C)oc2c1. The van der Waals surface area contributed by atoms with E-state index in [2.05, 4.69) is 41.5 Å². The summed E-state index contributed by atoms with van der Waals surface area (Å²) in [6, 6.07) is 12.7. The number of carboxylic acid groups (broad SMARTS) is 1. The van der Waals surface area contributed by atoms with Gasteiger partial charge < -0.3 is 19.0 Å². The molecule has 208 valence electrons. The molecule has 39 heavy (non-hydrogen) atoms. The summed E-state index contributed by atoms with van der Waals surface area (Å²) >= 11 is 0. The molecule has 1 aromatic heterocycles. The molecule has 0 amide bonds. The number of furan rings is 1. The van der Waals surface area contributed by atoms with Crippen LogP contribution in [0.2, 0.25) is 0 Å². The number of carboxylic acids is 1. The molecular weight excluding hydrogens is 516 g/mol. The van der Waals surface area contributed by atoms with Crippen LogP contribution in [0.5, 0.6) is 0 Å². The van der Waals surface area contributed by atoms with Crippen molar-refractivity contribution in [2.45, 2.75) is 63.7 Å². The number of anilines is 1. The van der Waals surface area contributed by atoms with Crippen molar-refractivity contribution in [3.63, 3.8) is 0 Å². The maximum absolute atomic E-state index is 11.8. The second kappa shape index (κ2) is 11.4. The van der Waals surface area contributed by atoms with Crippen molar-refractivity contribution >= 4 is 50.2 Å². The number of benzene rings is 2. The minimum atomic E-state index is -4.60. The van der Waals surface area contributed by atoms with E-state index in [4.69, 9.17) is 9.52 Å². The molecule has 0 unspecified atom stereocenters. The van der Waals surface area contributed by atoms with Crippen molar-refractivity contribution in [1.82, 2.24) is 0 Å². The predicted molar refractivity (Wildman–Crippen MR) is 152 cm³/mol. The molecule has 1 N–H and O–H groups in total. The lowest BCUT2D eigenvalue weighted by Crippen LogP contribution is -2.28. The van der Waals surface area contributed by atoms with E-state index in [-0.39, 0.29) is 11.3 Å². The summed E-state index contributed by atoms with van der Waals surface area (Å²) in [5, 5.41) is 9.95. The lowest BCUT2D eigenvalue weighted by molar-refractivity contribution is -0.438. The van der Waals surface area contributed by atoms with E-state index < -0.39 is 21.5 Å². The van der Waals surface area contributed by atoms with Crippen LogP contribution in [0.4, 0.5) is 11.4 Å². The Morgan fingerprint density at radius 2 is 1.79 bits per heavy atom. The summed E-state index contributed by atoms with van der Waals surface area (Å²) in [5.74, 6) is -0.107. The molecule has 2 heterocycles. The topological polar surface area (TPSA) is 114 Å². The number of allylic oxidation sites excluding steroid dienone is 1. The first-order valence-corrected chi connectivity index (χ1v) is 14.8. The van der Waals surface area contributed by atoms with Crippen molar-refractivity contribution in [1.29, 1.82) is 0 Å². The molecule has 0 atom stereocenters. The minimum absolute atomic E-state index is 0.130. The van der Waals surface area contributed by atoms with Gasteiger partial charge in [0.15, 0.2) is 5.71 Å². The quantitative estimate of drug-likeness (QED) is 0.169. The van der Waals surface area contributed by atoms with Gasteiger partial charge in [-0.05, 0) is 76.9 Å². The normalized spacial score (nSPS) is 14.9. The number of fused-ring (bicyclic) bond motifs is 2. The molecule has 9 heteroatoms. The standard InChI is InChI=1S/C30H36N2O6S/c1-5-31(6-2)22-12-11-21-18-23(38-27(21)19-22)13-16-28-30(3,4)25-20-24(39(35,36)37)14-15-26(25)32(28)17-9-7-8-10-29(33)34/h11-16,18-20H,5-10,17H2,1-4H3,(H-,33,34,35,36,37). The highest BCUT2D eigenvalue weighted by molar-refractivity contribution is 7.85. The van der Waals surface area contributed by atoms with Gasteiger partial charge in [0.05, 0.1) is 10.3 Å². The first-order chi connectivity index (χ1) is 18.5. The third kappa shape index (κ3) is 6.09. The Morgan fingerprint density at radius 3 is 2.46 bits per heavy atom. The summed E-state index contributed by atoms with van der Waals surface area (Å²) in [7, 11) is -4.60. The molecule has 0 aliphatic carbocycles. The summed E-state index contributed by atoms with van der Waals surface area (Å²) in [6.45, 7) is 10.7. The number of hydrogen-bond acceptors (Lipinski definition) is 6. The van der Waals surface area contributed by atoms with Crippen LogP contribution in [0, 0.1) is 0 Å². The average molecular weight is 553 g/mol. The van der Waals surface area contributed by atoms with Crippen LogP contribution in [0.25, 0.3) is 17.0 Å². The molecule has 8 nitrogen and oxygen atoms in total. The minimum Gasteiger partial charge on any atom is -0.744 e. The molecule has 0 fully saturated rings. The highest BCUT2D eigenvalue weighted by Gasteiger charge is 2.44. The molecule has 3 aromatic rings. The van der Waals surface area contributed by atoms with Gasteiger partial charge in [0, 0.05) is 60.8 Å². The van der Waals surface area contributed by atoms with Crippen molar-refractivity contribution in [3.05, 3.63) is 59.9 Å². The van der Waals surface area contributed by atoms with Gasteiger partial charge in [-0.1, -0.05) is 0 Å². The zero-order chi connectivity index (χ0) is 28.4. The molecule has 1 aliphatic heterocycles. The highest BCUT2D eigenvalue weighted by atomic mass is 32.2. The van der Waals surface area contributed by atoms with Crippen LogP contribution in [0.3, 0.4) is 0 Å². The Morgan fingerprint density at radius 1 is 1.05 bits per heavy atom. The number of hydrogen-bond donors (Lipinski definition) is 1. The summed E-state index contributed by atoms with van der Waals surface area (Å²) < 4.78 is 43.6.